The normalized spacial score (nSPS) is 12.7. The maximum Gasteiger partial charge on any atom is 0.462 e. The highest BCUT2D eigenvalue weighted by molar-refractivity contribution is 9.10. The van der Waals surface area contributed by atoms with Gasteiger partial charge >= 0.3 is 18.1 Å². The van der Waals surface area contributed by atoms with Crippen LogP contribution in [0.5, 0.6) is 11.5 Å². The molecule has 12 heteroatoms. The van der Waals surface area contributed by atoms with Crippen molar-refractivity contribution in [3.8, 4) is 23.8 Å². The Balaban J connectivity index is 3.06. The number of nitrogens with one attached hydrogen (secondary N) is 1. The predicted molar refractivity (Wildman–Crippen MR) is 86.3 cm³/mol. The van der Waals surface area contributed by atoms with E-state index in [9.17, 15) is 30.7 Å². The Hall–Kier alpha value is -2.16. The van der Waals surface area contributed by atoms with Gasteiger partial charge in [0.15, 0.2) is 11.5 Å². The van der Waals surface area contributed by atoms with Crippen molar-refractivity contribution in [1.82, 2.24) is 5.43 Å². The second-order valence-corrected chi connectivity index (χ2v) is 5.63. The fourth-order valence-electron chi connectivity index (χ4n) is 1.62. The lowest BCUT2D eigenvalue weighted by Crippen LogP contribution is -2.58. The molecule has 0 heterocycles. The molecule has 1 aromatic carbocycles. The molecular formula is C15H12BrF7N2O2. The highest BCUT2D eigenvalue weighted by Crippen LogP contribution is 2.45. The van der Waals surface area contributed by atoms with Gasteiger partial charge in [-0.05, 0) is 40.5 Å². The topological polar surface area (TPSA) is 42.8 Å². The van der Waals surface area contributed by atoms with E-state index in [-0.39, 0.29) is 34.7 Å². The zero-order valence-corrected chi connectivity index (χ0v) is 15.1. The van der Waals surface area contributed by atoms with E-state index in [1.807, 2.05) is 0 Å². The molecule has 1 aromatic rings. The van der Waals surface area contributed by atoms with Crippen molar-refractivity contribution in [1.29, 1.82) is 0 Å². The summed E-state index contributed by atoms with van der Waals surface area (Å²) in [6.07, 6.45) is -0.769. The summed E-state index contributed by atoms with van der Waals surface area (Å²) in [6, 6.07) is -3.14. The fraction of sp³-hybridized carbons (Fsp3) is 0.400. The van der Waals surface area contributed by atoms with Crippen molar-refractivity contribution in [2.24, 2.45) is 5.10 Å². The third-order valence-electron chi connectivity index (χ3n) is 2.80. The van der Waals surface area contributed by atoms with Crippen molar-refractivity contribution >= 4 is 22.1 Å². The SMILES string of the molecule is C#CCOc1c(Br)cc(/C=N/NC(F)(F)C(F)(F)C(F)(F)F)cc1OCC. The van der Waals surface area contributed by atoms with E-state index in [1.54, 1.807) is 6.92 Å². The average Bonchev–Trinajstić information content (AvgIpc) is 2.53. The summed E-state index contributed by atoms with van der Waals surface area (Å²) in [6.45, 7) is 1.72. The monoisotopic (exact) mass is 464 g/mol. The Morgan fingerprint density at radius 1 is 1.19 bits per heavy atom. The van der Waals surface area contributed by atoms with Gasteiger partial charge in [-0.15, -0.1) is 6.42 Å². The van der Waals surface area contributed by atoms with Gasteiger partial charge in [-0.3, -0.25) is 0 Å². The van der Waals surface area contributed by atoms with Gasteiger partial charge in [-0.2, -0.15) is 35.8 Å². The van der Waals surface area contributed by atoms with Crippen LogP contribution in [0, 0.1) is 12.3 Å². The Bertz CT molecular complexity index is 730. The smallest absolute Gasteiger partial charge is 0.462 e. The number of hydrogen-bond acceptors (Lipinski definition) is 4. The van der Waals surface area contributed by atoms with Crippen molar-refractivity contribution < 1.29 is 40.2 Å². The standard InChI is InChI=1S/C15H12BrF7N2O2/c1-3-5-27-12-10(16)6-9(7-11(12)26-4-2)8-24-25-15(22,23)13(17,18)14(19,20)21/h1,6-8,25H,4-5H2,2H3/b24-8+. The highest BCUT2D eigenvalue weighted by Gasteiger charge is 2.73. The second-order valence-electron chi connectivity index (χ2n) is 4.77. The maximum absolute atomic E-state index is 13.1. The van der Waals surface area contributed by atoms with Gasteiger partial charge in [0, 0.05) is 0 Å². The first-order valence-corrected chi connectivity index (χ1v) is 7.81. The maximum atomic E-state index is 13.1. The van der Waals surface area contributed by atoms with Crippen LogP contribution in [-0.4, -0.2) is 37.6 Å². The van der Waals surface area contributed by atoms with Crippen LogP contribution in [0.4, 0.5) is 30.7 Å². The molecule has 0 aliphatic rings. The zero-order chi connectivity index (χ0) is 20.9. The molecule has 150 valence electrons. The molecule has 0 bridgehead atoms. The molecule has 0 aliphatic heterocycles. The molecule has 0 radical (unpaired) electrons. The van der Waals surface area contributed by atoms with E-state index in [0.29, 0.717) is 11.6 Å². The minimum absolute atomic E-state index is 0.0389. The summed E-state index contributed by atoms with van der Waals surface area (Å²) in [7, 11) is 0. The molecule has 0 unspecified atom stereocenters. The van der Waals surface area contributed by atoms with E-state index in [1.165, 1.54) is 12.1 Å². The van der Waals surface area contributed by atoms with Crippen molar-refractivity contribution in [2.75, 3.05) is 13.2 Å². The van der Waals surface area contributed by atoms with Gasteiger partial charge in [-0.25, -0.2) is 5.43 Å². The van der Waals surface area contributed by atoms with E-state index in [0.717, 1.165) is 0 Å². The number of terminal acetylenes is 1. The lowest BCUT2D eigenvalue weighted by atomic mass is 10.2. The summed E-state index contributed by atoms with van der Waals surface area (Å²) in [5.74, 6) is -3.78. The van der Waals surface area contributed by atoms with Crippen LogP contribution in [0.3, 0.4) is 0 Å². The first-order chi connectivity index (χ1) is 12.4. The number of alkyl halides is 7. The van der Waals surface area contributed by atoms with Crippen LogP contribution >= 0.6 is 15.9 Å². The summed E-state index contributed by atoms with van der Waals surface area (Å²) >= 11 is 3.11. The molecule has 0 saturated carbocycles. The number of nitrogens with zero attached hydrogens (tertiary/aromatic N) is 1. The van der Waals surface area contributed by atoms with Gasteiger partial charge in [0.05, 0.1) is 17.3 Å². The Morgan fingerprint density at radius 2 is 1.81 bits per heavy atom. The van der Waals surface area contributed by atoms with Gasteiger partial charge in [0.1, 0.15) is 6.61 Å². The minimum Gasteiger partial charge on any atom is -0.490 e. The third kappa shape index (κ3) is 5.41. The van der Waals surface area contributed by atoms with E-state index < -0.39 is 18.1 Å². The van der Waals surface area contributed by atoms with Crippen LogP contribution in [-0.2, 0) is 0 Å². The molecule has 0 aliphatic carbocycles. The van der Waals surface area contributed by atoms with Crippen LogP contribution < -0.4 is 14.9 Å². The molecule has 0 saturated heterocycles. The molecule has 1 rings (SSSR count). The van der Waals surface area contributed by atoms with Gasteiger partial charge in [0.2, 0.25) is 0 Å². The minimum atomic E-state index is -6.46. The zero-order valence-electron chi connectivity index (χ0n) is 13.5. The first-order valence-electron chi connectivity index (χ1n) is 7.02. The predicted octanol–water partition coefficient (Wildman–Crippen LogP) is 4.57. The van der Waals surface area contributed by atoms with Crippen molar-refractivity contribution in [2.45, 2.75) is 25.1 Å². The lowest BCUT2D eigenvalue weighted by Gasteiger charge is -2.27. The number of halogens is 8. The largest absolute Gasteiger partial charge is 0.490 e. The molecule has 1 N–H and O–H groups in total. The van der Waals surface area contributed by atoms with Crippen LogP contribution in [0.1, 0.15) is 12.5 Å². The molecule has 0 spiro atoms. The lowest BCUT2D eigenvalue weighted by molar-refractivity contribution is -0.361. The third-order valence-corrected chi connectivity index (χ3v) is 3.39. The Labute approximate surface area is 157 Å². The molecule has 4 nitrogen and oxygen atoms in total. The van der Waals surface area contributed by atoms with E-state index >= 15 is 0 Å². The molecule has 27 heavy (non-hydrogen) atoms. The van der Waals surface area contributed by atoms with E-state index in [4.69, 9.17) is 15.9 Å². The molecule has 0 aromatic heterocycles. The Morgan fingerprint density at radius 3 is 2.33 bits per heavy atom. The van der Waals surface area contributed by atoms with Crippen molar-refractivity contribution in [3.05, 3.63) is 22.2 Å². The number of rotatable bonds is 8. The van der Waals surface area contributed by atoms with Crippen LogP contribution in [0.2, 0.25) is 0 Å². The summed E-state index contributed by atoms with van der Waals surface area (Å²) in [4.78, 5) is 0. The highest BCUT2D eigenvalue weighted by atomic mass is 79.9. The van der Waals surface area contributed by atoms with Crippen molar-refractivity contribution in [3.63, 3.8) is 0 Å². The number of hydrazone groups is 1. The average molecular weight is 465 g/mol. The van der Waals surface area contributed by atoms with Gasteiger partial charge in [0.25, 0.3) is 0 Å². The molecule has 0 atom stereocenters. The second kappa shape index (κ2) is 8.69. The summed E-state index contributed by atoms with van der Waals surface area (Å²) in [5, 5.41) is 2.77. The quantitative estimate of drug-likeness (QED) is 0.201. The molecule has 0 fully saturated rings. The molecule has 0 amide bonds. The first kappa shape index (κ1) is 22.9. The van der Waals surface area contributed by atoms with E-state index in [2.05, 4.69) is 27.0 Å². The Kier molecular flexibility index (Phi) is 7.36. The van der Waals surface area contributed by atoms with Crippen LogP contribution in [0.15, 0.2) is 21.7 Å². The number of ether oxygens (including phenoxy) is 2. The molecular weight excluding hydrogens is 453 g/mol. The van der Waals surface area contributed by atoms with Gasteiger partial charge in [-0.1, -0.05) is 5.92 Å². The van der Waals surface area contributed by atoms with Gasteiger partial charge < -0.3 is 9.47 Å². The summed E-state index contributed by atoms with van der Waals surface area (Å²) < 4.78 is 98.7. The number of hydrogen-bond donors (Lipinski definition) is 1. The summed E-state index contributed by atoms with van der Waals surface area (Å²) in [5.41, 5.74) is 0.565. The fourth-order valence-corrected chi connectivity index (χ4v) is 2.19. The number of benzene rings is 1. The van der Waals surface area contributed by atoms with Crippen LogP contribution in [0.25, 0.3) is 0 Å².